The minimum absolute atomic E-state index is 0.0784. The number of halogens is 2. The predicted molar refractivity (Wildman–Crippen MR) is 86.7 cm³/mol. The molecule has 1 aromatic heterocycles. The summed E-state index contributed by atoms with van der Waals surface area (Å²) < 4.78 is 5.94. The molecule has 0 aliphatic carbocycles. The van der Waals surface area contributed by atoms with Crippen LogP contribution in [0, 0.1) is 11.3 Å². The molecule has 1 atom stereocenters. The van der Waals surface area contributed by atoms with Crippen molar-refractivity contribution in [3.05, 3.63) is 52.1 Å². The molecule has 0 spiro atoms. The van der Waals surface area contributed by atoms with Crippen LogP contribution < -0.4 is 9.64 Å². The van der Waals surface area contributed by atoms with Crippen LogP contribution in [0.1, 0.15) is 12.0 Å². The number of nitrogens with zero attached hydrogens (tertiary/aromatic N) is 3. The molecule has 112 valence electrons. The molecule has 1 aliphatic heterocycles. The Morgan fingerprint density at radius 1 is 1.23 bits per heavy atom. The lowest BCUT2D eigenvalue weighted by molar-refractivity contribution is 0.225. The van der Waals surface area contributed by atoms with Gasteiger partial charge in [-0.05, 0) is 24.3 Å². The highest BCUT2D eigenvalue weighted by Gasteiger charge is 2.25. The molecule has 0 bridgehead atoms. The maximum atomic E-state index is 8.80. The number of pyridine rings is 1. The average Bonchev–Trinajstić information content (AvgIpc) is 2.99. The maximum absolute atomic E-state index is 8.80. The van der Waals surface area contributed by atoms with Crippen LogP contribution in [-0.4, -0.2) is 24.2 Å². The molecule has 1 fully saturated rings. The molecule has 1 saturated heterocycles. The zero-order chi connectivity index (χ0) is 15.5. The molecule has 1 unspecified atom stereocenters. The van der Waals surface area contributed by atoms with E-state index in [0.717, 1.165) is 25.3 Å². The fourth-order valence-corrected chi connectivity index (χ4v) is 2.70. The van der Waals surface area contributed by atoms with Crippen molar-refractivity contribution < 1.29 is 4.74 Å². The molecule has 0 N–H and O–H groups in total. The Morgan fingerprint density at radius 3 is 2.77 bits per heavy atom. The quantitative estimate of drug-likeness (QED) is 0.854. The molecule has 0 amide bonds. The minimum Gasteiger partial charge on any atom is -0.488 e. The standard InChI is InChI=1S/C16H13Cl2N3O/c17-14-3-2-12(7-15(14)18)22-13-5-6-21(10-13)16-4-1-11(8-19)9-20-16/h1-4,7,9,13H,5-6,10H2. The molecular weight excluding hydrogens is 321 g/mol. The number of hydrogen-bond donors (Lipinski definition) is 0. The van der Waals surface area contributed by atoms with Crippen LogP contribution in [0.15, 0.2) is 36.5 Å². The Hall–Kier alpha value is -1.96. The van der Waals surface area contributed by atoms with Gasteiger partial charge in [-0.15, -0.1) is 0 Å². The van der Waals surface area contributed by atoms with E-state index in [0.29, 0.717) is 21.4 Å². The van der Waals surface area contributed by atoms with Crippen LogP contribution in [-0.2, 0) is 0 Å². The number of hydrogen-bond acceptors (Lipinski definition) is 4. The van der Waals surface area contributed by atoms with Crippen LogP contribution in [0.25, 0.3) is 0 Å². The lowest BCUT2D eigenvalue weighted by atomic mass is 10.3. The molecule has 0 saturated carbocycles. The van der Waals surface area contributed by atoms with Crippen molar-refractivity contribution >= 4 is 29.0 Å². The third-order valence-electron chi connectivity index (χ3n) is 3.54. The van der Waals surface area contributed by atoms with Gasteiger partial charge in [-0.25, -0.2) is 4.98 Å². The zero-order valence-corrected chi connectivity index (χ0v) is 13.2. The first kappa shape index (κ1) is 15.0. The number of nitriles is 1. The third kappa shape index (κ3) is 3.27. The Labute approximate surface area is 138 Å². The van der Waals surface area contributed by atoms with E-state index in [2.05, 4.69) is 16.0 Å². The van der Waals surface area contributed by atoms with E-state index in [1.54, 1.807) is 24.4 Å². The van der Waals surface area contributed by atoms with Crippen molar-refractivity contribution in [3.8, 4) is 11.8 Å². The Kier molecular flexibility index (Phi) is 4.37. The number of benzene rings is 1. The summed E-state index contributed by atoms with van der Waals surface area (Å²) in [6, 6.07) is 11.0. The summed E-state index contributed by atoms with van der Waals surface area (Å²) in [6.45, 7) is 1.62. The molecule has 2 heterocycles. The van der Waals surface area contributed by atoms with Crippen molar-refractivity contribution in [2.75, 3.05) is 18.0 Å². The van der Waals surface area contributed by atoms with Crippen LogP contribution in [0.2, 0.25) is 10.0 Å². The number of anilines is 1. The van der Waals surface area contributed by atoms with Gasteiger partial charge in [0.05, 0.1) is 22.2 Å². The van der Waals surface area contributed by atoms with Crippen LogP contribution >= 0.6 is 23.2 Å². The minimum atomic E-state index is 0.0784. The Balaban J connectivity index is 1.64. The molecule has 6 heteroatoms. The second-order valence-corrected chi connectivity index (χ2v) is 5.88. The maximum Gasteiger partial charge on any atom is 0.128 e. The normalized spacial score (nSPS) is 17.3. The van der Waals surface area contributed by atoms with E-state index in [1.807, 2.05) is 12.1 Å². The van der Waals surface area contributed by atoms with Crippen molar-refractivity contribution in [1.29, 1.82) is 5.26 Å². The fraction of sp³-hybridized carbons (Fsp3) is 0.250. The number of rotatable bonds is 3. The van der Waals surface area contributed by atoms with Crippen LogP contribution in [0.3, 0.4) is 0 Å². The van der Waals surface area contributed by atoms with Gasteiger partial charge in [0.2, 0.25) is 0 Å². The lowest BCUT2D eigenvalue weighted by Gasteiger charge is -2.18. The summed E-state index contributed by atoms with van der Waals surface area (Å²) in [4.78, 5) is 6.45. The first-order valence-electron chi connectivity index (χ1n) is 6.88. The second kappa shape index (κ2) is 6.43. The largest absolute Gasteiger partial charge is 0.488 e. The van der Waals surface area contributed by atoms with Gasteiger partial charge in [-0.2, -0.15) is 5.26 Å². The van der Waals surface area contributed by atoms with Gasteiger partial charge < -0.3 is 9.64 Å². The smallest absolute Gasteiger partial charge is 0.128 e. The summed E-state index contributed by atoms with van der Waals surface area (Å²) >= 11 is 11.9. The van der Waals surface area contributed by atoms with Gasteiger partial charge in [-0.1, -0.05) is 23.2 Å². The van der Waals surface area contributed by atoms with Crippen LogP contribution in [0.5, 0.6) is 5.75 Å². The van der Waals surface area contributed by atoms with Crippen LogP contribution in [0.4, 0.5) is 5.82 Å². The Bertz CT molecular complexity index is 712. The highest BCUT2D eigenvalue weighted by atomic mass is 35.5. The van der Waals surface area contributed by atoms with Gasteiger partial charge in [0, 0.05) is 25.2 Å². The summed E-state index contributed by atoms with van der Waals surface area (Å²) in [6.07, 6.45) is 2.57. The SMILES string of the molecule is N#Cc1ccc(N2CCC(Oc3ccc(Cl)c(Cl)c3)C2)nc1. The zero-order valence-electron chi connectivity index (χ0n) is 11.7. The van der Waals surface area contributed by atoms with E-state index >= 15 is 0 Å². The van der Waals surface area contributed by atoms with Gasteiger partial charge in [0.1, 0.15) is 23.7 Å². The third-order valence-corrected chi connectivity index (χ3v) is 4.28. The van der Waals surface area contributed by atoms with Gasteiger partial charge in [-0.3, -0.25) is 0 Å². The average molecular weight is 334 g/mol. The fourth-order valence-electron chi connectivity index (χ4n) is 2.41. The van der Waals surface area contributed by atoms with Crippen molar-refractivity contribution in [1.82, 2.24) is 4.98 Å². The molecule has 4 nitrogen and oxygen atoms in total. The monoisotopic (exact) mass is 333 g/mol. The van der Waals surface area contributed by atoms with Crippen molar-refractivity contribution in [2.24, 2.45) is 0 Å². The van der Waals surface area contributed by atoms with E-state index in [1.165, 1.54) is 0 Å². The van der Waals surface area contributed by atoms with Gasteiger partial charge >= 0.3 is 0 Å². The number of ether oxygens (including phenoxy) is 1. The van der Waals surface area contributed by atoms with E-state index in [4.69, 9.17) is 33.2 Å². The summed E-state index contributed by atoms with van der Waals surface area (Å²) in [7, 11) is 0. The Morgan fingerprint density at radius 2 is 2.09 bits per heavy atom. The van der Waals surface area contributed by atoms with Crippen molar-refractivity contribution in [3.63, 3.8) is 0 Å². The molecule has 1 aliphatic rings. The van der Waals surface area contributed by atoms with E-state index in [9.17, 15) is 0 Å². The topological polar surface area (TPSA) is 49.2 Å². The molecule has 1 aromatic carbocycles. The van der Waals surface area contributed by atoms with Gasteiger partial charge in [0.25, 0.3) is 0 Å². The molecule has 22 heavy (non-hydrogen) atoms. The molecule has 0 radical (unpaired) electrons. The lowest BCUT2D eigenvalue weighted by Crippen LogP contribution is -2.25. The summed E-state index contributed by atoms with van der Waals surface area (Å²) in [5.41, 5.74) is 0.562. The predicted octanol–water partition coefficient (Wildman–Crippen LogP) is 3.92. The van der Waals surface area contributed by atoms with E-state index in [-0.39, 0.29) is 6.10 Å². The summed E-state index contributed by atoms with van der Waals surface area (Å²) in [5.74, 6) is 1.58. The van der Waals surface area contributed by atoms with Gasteiger partial charge in [0.15, 0.2) is 0 Å². The highest BCUT2D eigenvalue weighted by molar-refractivity contribution is 6.42. The molecular formula is C16H13Cl2N3O. The summed E-state index contributed by atoms with van der Waals surface area (Å²) in [5, 5.41) is 9.80. The first-order valence-corrected chi connectivity index (χ1v) is 7.64. The number of aromatic nitrogens is 1. The highest BCUT2D eigenvalue weighted by Crippen LogP contribution is 2.28. The first-order chi connectivity index (χ1) is 10.7. The second-order valence-electron chi connectivity index (χ2n) is 5.07. The van der Waals surface area contributed by atoms with E-state index < -0.39 is 0 Å². The van der Waals surface area contributed by atoms with Crippen molar-refractivity contribution in [2.45, 2.75) is 12.5 Å². The molecule has 3 rings (SSSR count). The molecule has 2 aromatic rings.